The lowest BCUT2D eigenvalue weighted by Crippen LogP contribution is -2.34. The summed E-state index contributed by atoms with van der Waals surface area (Å²) in [4.78, 5) is 12.2. The molecule has 1 saturated carbocycles. The molecule has 0 aromatic heterocycles. The molecule has 3 N–H and O–H groups in total. The van der Waals surface area contributed by atoms with Crippen molar-refractivity contribution in [3.05, 3.63) is 29.8 Å². The number of rotatable bonds is 4. The number of anilines is 1. The number of aryl methyl sites for hydroxylation is 1. The third-order valence-electron chi connectivity index (χ3n) is 3.70. The van der Waals surface area contributed by atoms with Crippen LogP contribution in [-0.2, 0) is 11.2 Å². The number of carbonyl (C=O) groups is 1. The molecule has 2 atom stereocenters. The lowest BCUT2D eigenvalue weighted by molar-refractivity contribution is -0.120. The normalized spacial score (nSPS) is 23.0. The lowest BCUT2D eigenvalue weighted by Gasteiger charge is -2.17. The van der Waals surface area contributed by atoms with Gasteiger partial charge in [0.25, 0.3) is 0 Å². The molecule has 3 heteroatoms. The summed E-state index contributed by atoms with van der Waals surface area (Å²) in [5, 5.41) is 3.05. The Morgan fingerprint density at radius 1 is 1.39 bits per heavy atom. The summed E-state index contributed by atoms with van der Waals surface area (Å²) in [5.41, 5.74) is 8.13. The molecule has 1 aliphatic carbocycles. The maximum Gasteiger partial charge on any atom is 0.229 e. The maximum absolute atomic E-state index is 12.2. The Morgan fingerprint density at radius 2 is 2.17 bits per heavy atom. The molecule has 1 aliphatic rings. The second-order valence-electron chi connectivity index (χ2n) is 5.10. The van der Waals surface area contributed by atoms with Crippen LogP contribution >= 0.6 is 0 Å². The van der Waals surface area contributed by atoms with Crippen LogP contribution in [0.5, 0.6) is 0 Å². The Bertz CT molecular complexity index is 417. The first-order chi connectivity index (χ1) is 8.72. The molecule has 18 heavy (non-hydrogen) atoms. The molecule has 0 saturated heterocycles. The molecular weight excluding hydrogens is 224 g/mol. The highest BCUT2D eigenvalue weighted by Gasteiger charge is 2.30. The van der Waals surface area contributed by atoms with E-state index in [-0.39, 0.29) is 17.9 Å². The van der Waals surface area contributed by atoms with Gasteiger partial charge in [0.05, 0.1) is 5.92 Å². The van der Waals surface area contributed by atoms with Gasteiger partial charge in [0.2, 0.25) is 5.91 Å². The zero-order valence-electron chi connectivity index (χ0n) is 11.0. The number of carbonyl (C=O) groups excluding carboxylic acids is 1. The molecule has 2 rings (SSSR count). The fraction of sp³-hybridized carbons (Fsp3) is 0.533. The van der Waals surface area contributed by atoms with Gasteiger partial charge >= 0.3 is 0 Å². The standard InChI is InChI=1S/C15H22N2O/c1-2-6-11-7-3-4-10-14(11)17-15(18)12-8-5-9-13(12)16/h3-4,7,10,12-13H,2,5-6,8-9,16H2,1H3,(H,17,18). The van der Waals surface area contributed by atoms with E-state index < -0.39 is 0 Å². The van der Waals surface area contributed by atoms with Crippen LogP contribution in [0.3, 0.4) is 0 Å². The Labute approximate surface area is 109 Å². The lowest BCUT2D eigenvalue weighted by atomic mass is 10.0. The minimum Gasteiger partial charge on any atom is -0.327 e. The van der Waals surface area contributed by atoms with Gasteiger partial charge in [-0.25, -0.2) is 0 Å². The largest absolute Gasteiger partial charge is 0.327 e. The summed E-state index contributed by atoms with van der Waals surface area (Å²) in [7, 11) is 0. The van der Waals surface area contributed by atoms with Crippen molar-refractivity contribution in [2.24, 2.45) is 11.7 Å². The van der Waals surface area contributed by atoms with Crippen molar-refractivity contribution in [2.45, 2.75) is 45.1 Å². The monoisotopic (exact) mass is 246 g/mol. The van der Waals surface area contributed by atoms with E-state index in [0.717, 1.165) is 37.8 Å². The molecule has 2 unspecified atom stereocenters. The van der Waals surface area contributed by atoms with Crippen LogP contribution in [0.4, 0.5) is 5.69 Å². The number of hydrogen-bond donors (Lipinski definition) is 2. The average Bonchev–Trinajstić information content (AvgIpc) is 2.78. The predicted molar refractivity (Wildman–Crippen MR) is 74.4 cm³/mol. The van der Waals surface area contributed by atoms with E-state index in [9.17, 15) is 4.79 Å². The van der Waals surface area contributed by atoms with Crippen molar-refractivity contribution >= 4 is 11.6 Å². The van der Waals surface area contributed by atoms with Gasteiger partial charge in [-0.15, -0.1) is 0 Å². The van der Waals surface area contributed by atoms with Crippen molar-refractivity contribution in [1.29, 1.82) is 0 Å². The Balaban J connectivity index is 2.06. The van der Waals surface area contributed by atoms with E-state index in [1.165, 1.54) is 5.56 Å². The third kappa shape index (κ3) is 2.91. The number of benzene rings is 1. The van der Waals surface area contributed by atoms with Gasteiger partial charge in [-0.2, -0.15) is 0 Å². The van der Waals surface area contributed by atoms with E-state index in [2.05, 4.69) is 18.3 Å². The molecule has 1 aromatic rings. The third-order valence-corrected chi connectivity index (χ3v) is 3.70. The number of nitrogens with one attached hydrogen (secondary N) is 1. The fourth-order valence-electron chi connectivity index (χ4n) is 2.67. The zero-order valence-corrected chi connectivity index (χ0v) is 11.0. The molecule has 0 aliphatic heterocycles. The van der Waals surface area contributed by atoms with Gasteiger partial charge in [-0.1, -0.05) is 38.0 Å². The minimum absolute atomic E-state index is 0.0142. The topological polar surface area (TPSA) is 55.1 Å². The van der Waals surface area contributed by atoms with E-state index in [0.29, 0.717) is 0 Å². The summed E-state index contributed by atoms with van der Waals surface area (Å²) in [6.07, 6.45) is 5.02. The number of amides is 1. The van der Waals surface area contributed by atoms with Gasteiger partial charge in [0.15, 0.2) is 0 Å². The highest BCUT2D eigenvalue weighted by atomic mass is 16.1. The fourth-order valence-corrected chi connectivity index (χ4v) is 2.67. The molecule has 0 spiro atoms. The smallest absolute Gasteiger partial charge is 0.229 e. The van der Waals surface area contributed by atoms with E-state index in [1.54, 1.807) is 0 Å². The molecule has 0 bridgehead atoms. The van der Waals surface area contributed by atoms with Crippen molar-refractivity contribution < 1.29 is 4.79 Å². The van der Waals surface area contributed by atoms with Crippen LogP contribution in [0.1, 0.15) is 38.2 Å². The molecule has 1 fully saturated rings. The number of nitrogens with two attached hydrogens (primary N) is 1. The summed E-state index contributed by atoms with van der Waals surface area (Å²) in [6.45, 7) is 2.14. The van der Waals surface area contributed by atoms with Crippen LogP contribution in [0.2, 0.25) is 0 Å². The highest BCUT2D eigenvalue weighted by Crippen LogP contribution is 2.26. The van der Waals surface area contributed by atoms with E-state index >= 15 is 0 Å². The van der Waals surface area contributed by atoms with Gasteiger partial charge in [0.1, 0.15) is 0 Å². The molecule has 3 nitrogen and oxygen atoms in total. The average molecular weight is 246 g/mol. The minimum atomic E-state index is -0.0142. The Hall–Kier alpha value is -1.35. The molecule has 1 amide bonds. The quantitative estimate of drug-likeness (QED) is 0.858. The molecular formula is C15H22N2O. The van der Waals surface area contributed by atoms with Crippen LogP contribution in [0.15, 0.2) is 24.3 Å². The Morgan fingerprint density at radius 3 is 2.83 bits per heavy atom. The van der Waals surface area contributed by atoms with Crippen LogP contribution in [-0.4, -0.2) is 11.9 Å². The van der Waals surface area contributed by atoms with Crippen molar-refractivity contribution in [3.8, 4) is 0 Å². The molecule has 0 heterocycles. The predicted octanol–water partition coefficient (Wildman–Crippen LogP) is 2.71. The van der Waals surface area contributed by atoms with Crippen LogP contribution in [0, 0.1) is 5.92 Å². The second-order valence-corrected chi connectivity index (χ2v) is 5.10. The van der Waals surface area contributed by atoms with Crippen LogP contribution in [0.25, 0.3) is 0 Å². The molecule has 0 radical (unpaired) electrons. The summed E-state index contributed by atoms with van der Waals surface area (Å²) >= 11 is 0. The van der Waals surface area contributed by atoms with Gasteiger partial charge in [-0.05, 0) is 30.9 Å². The van der Waals surface area contributed by atoms with Gasteiger partial charge in [-0.3, -0.25) is 4.79 Å². The van der Waals surface area contributed by atoms with E-state index in [4.69, 9.17) is 5.73 Å². The molecule has 98 valence electrons. The molecule has 1 aromatic carbocycles. The van der Waals surface area contributed by atoms with Crippen molar-refractivity contribution in [1.82, 2.24) is 0 Å². The summed E-state index contributed by atoms with van der Waals surface area (Å²) in [6, 6.07) is 8.06. The summed E-state index contributed by atoms with van der Waals surface area (Å²) in [5.74, 6) is 0.0724. The van der Waals surface area contributed by atoms with Crippen molar-refractivity contribution in [2.75, 3.05) is 5.32 Å². The maximum atomic E-state index is 12.2. The first kappa shape index (κ1) is 13.1. The first-order valence-corrected chi connectivity index (χ1v) is 6.86. The first-order valence-electron chi connectivity index (χ1n) is 6.86. The second kappa shape index (κ2) is 6.01. The van der Waals surface area contributed by atoms with Gasteiger partial charge in [0, 0.05) is 11.7 Å². The van der Waals surface area contributed by atoms with Crippen molar-refractivity contribution in [3.63, 3.8) is 0 Å². The van der Waals surface area contributed by atoms with E-state index in [1.807, 2.05) is 18.2 Å². The summed E-state index contributed by atoms with van der Waals surface area (Å²) < 4.78 is 0. The zero-order chi connectivity index (χ0) is 13.0. The number of para-hydroxylation sites is 1. The Kier molecular flexibility index (Phi) is 4.37. The number of hydrogen-bond acceptors (Lipinski definition) is 2. The SMILES string of the molecule is CCCc1ccccc1NC(=O)C1CCCC1N. The van der Waals surface area contributed by atoms with Crippen LogP contribution < -0.4 is 11.1 Å². The highest BCUT2D eigenvalue weighted by molar-refractivity contribution is 5.93. The van der Waals surface area contributed by atoms with Gasteiger partial charge < -0.3 is 11.1 Å².